The molecule has 3 aliphatic rings. The van der Waals surface area contributed by atoms with Crippen LogP contribution in [-0.4, -0.2) is 75.8 Å². The first kappa shape index (κ1) is 39.3. The summed E-state index contributed by atoms with van der Waals surface area (Å²) in [6, 6.07) is 32.2. The van der Waals surface area contributed by atoms with Gasteiger partial charge < -0.3 is 28.4 Å². The molecule has 0 spiro atoms. The second-order valence-electron chi connectivity index (χ2n) is 14.5. The Balaban J connectivity index is 1.32. The fourth-order valence-corrected chi connectivity index (χ4v) is 7.62. The van der Waals surface area contributed by atoms with Gasteiger partial charge in [0, 0.05) is 51.5 Å². The van der Waals surface area contributed by atoms with Crippen molar-refractivity contribution in [3.8, 4) is 23.0 Å². The lowest BCUT2D eigenvalue weighted by Gasteiger charge is -2.23. The molecule has 1 aliphatic carbocycles. The summed E-state index contributed by atoms with van der Waals surface area (Å²) in [7, 11) is 0. The van der Waals surface area contributed by atoms with Gasteiger partial charge in [-0.2, -0.15) is 0 Å². The second-order valence-corrected chi connectivity index (χ2v) is 14.5. The summed E-state index contributed by atoms with van der Waals surface area (Å²) in [5.74, 6) is 3.69. The number of nitrogens with zero attached hydrogens (tertiary/aromatic N) is 2. The quantitative estimate of drug-likeness (QED) is 0.143. The SMILES string of the molecule is CCCOc1c2cccc1Cc1cccc3c1OCCOCCN(Cc1ccccn1)CCOCCOc1c(cccc1Cc1cccc(c1OCCC)C3)C2. The highest BCUT2D eigenvalue weighted by atomic mass is 16.5. The number of pyridine rings is 1. The lowest BCUT2D eigenvalue weighted by Crippen LogP contribution is -2.31. The highest BCUT2D eigenvalue weighted by Gasteiger charge is 2.22. The van der Waals surface area contributed by atoms with Crippen LogP contribution in [0.5, 0.6) is 23.0 Å². The molecule has 56 heavy (non-hydrogen) atoms. The molecule has 0 atom stereocenters. The first-order chi connectivity index (χ1) is 27.7. The van der Waals surface area contributed by atoms with Crippen LogP contribution in [0.2, 0.25) is 0 Å². The molecule has 294 valence electrons. The predicted octanol–water partition coefficient (Wildman–Crippen LogP) is 8.64. The van der Waals surface area contributed by atoms with Crippen molar-refractivity contribution in [2.45, 2.75) is 58.9 Å². The van der Waals surface area contributed by atoms with Crippen LogP contribution in [0, 0.1) is 0 Å². The molecule has 0 radical (unpaired) electrons. The fourth-order valence-electron chi connectivity index (χ4n) is 7.62. The van der Waals surface area contributed by atoms with E-state index < -0.39 is 0 Å². The Morgan fingerprint density at radius 1 is 0.500 bits per heavy atom. The first-order valence-electron chi connectivity index (χ1n) is 20.4. The summed E-state index contributed by atoms with van der Waals surface area (Å²) < 4.78 is 39.2. The van der Waals surface area contributed by atoms with Crippen molar-refractivity contribution in [1.29, 1.82) is 0 Å². The monoisotopic (exact) mass is 756 g/mol. The third-order valence-corrected chi connectivity index (χ3v) is 10.3. The third kappa shape index (κ3) is 10.3. The van der Waals surface area contributed by atoms with Gasteiger partial charge in [0.05, 0.1) is 45.3 Å². The van der Waals surface area contributed by atoms with Gasteiger partial charge in [0.25, 0.3) is 0 Å². The van der Waals surface area contributed by atoms with E-state index in [2.05, 4.69) is 103 Å². The van der Waals surface area contributed by atoms with Crippen LogP contribution in [0.15, 0.2) is 97.2 Å². The normalized spacial score (nSPS) is 15.6. The molecule has 0 amide bonds. The summed E-state index contributed by atoms with van der Waals surface area (Å²) in [4.78, 5) is 6.90. The van der Waals surface area contributed by atoms with E-state index in [4.69, 9.17) is 28.4 Å². The Morgan fingerprint density at radius 3 is 1.32 bits per heavy atom. The molecule has 4 aromatic carbocycles. The van der Waals surface area contributed by atoms with Crippen LogP contribution in [-0.2, 0) is 41.7 Å². The minimum atomic E-state index is 0.434. The van der Waals surface area contributed by atoms with Gasteiger partial charge in [0.2, 0.25) is 0 Å². The number of benzene rings is 4. The third-order valence-electron chi connectivity index (χ3n) is 10.3. The predicted molar refractivity (Wildman–Crippen MR) is 221 cm³/mol. The van der Waals surface area contributed by atoms with Gasteiger partial charge in [-0.15, -0.1) is 0 Å². The number of hydrogen-bond acceptors (Lipinski definition) is 8. The highest BCUT2D eigenvalue weighted by Crippen LogP contribution is 2.39. The van der Waals surface area contributed by atoms with Crippen LogP contribution in [0.4, 0.5) is 0 Å². The standard InChI is InChI=1S/C48H56N2O6/c1-3-23-53-45-36-11-7-12-37(45)32-41-16-10-18-43-34-39-14-8-13-38(46(39)54-24-4-2)33-42-17-9-15-40(31-36)47(42)55-29-27-51-25-21-50(35-44-19-5-6-20-49-44)22-26-52-28-30-56-48(41)43/h5-20H,3-4,21-35H2,1-2H3. The van der Waals surface area contributed by atoms with Crippen molar-refractivity contribution >= 4 is 0 Å². The van der Waals surface area contributed by atoms with Crippen molar-refractivity contribution in [2.24, 2.45) is 0 Å². The Morgan fingerprint density at radius 2 is 0.929 bits per heavy atom. The maximum atomic E-state index is 6.77. The zero-order chi connectivity index (χ0) is 38.4. The Kier molecular flexibility index (Phi) is 14.3. The van der Waals surface area contributed by atoms with Crippen molar-refractivity contribution in [3.05, 3.63) is 147 Å². The molecule has 1 aromatic heterocycles. The summed E-state index contributed by atoms with van der Waals surface area (Å²) in [5.41, 5.74) is 10.1. The van der Waals surface area contributed by atoms with E-state index >= 15 is 0 Å². The van der Waals surface area contributed by atoms with Gasteiger partial charge in [0.15, 0.2) is 0 Å². The zero-order valence-corrected chi connectivity index (χ0v) is 33.1. The van der Waals surface area contributed by atoms with E-state index in [0.717, 1.165) is 106 Å². The number of fused-ring (bicyclic) bond motifs is 12. The molecule has 8 nitrogen and oxygen atoms in total. The molecular formula is C48H56N2O6. The minimum Gasteiger partial charge on any atom is -0.493 e. The molecule has 8 heteroatoms. The number of para-hydroxylation sites is 4. The molecule has 2 aliphatic heterocycles. The fraction of sp³-hybridized carbons (Fsp3) is 0.396. The van der Waals surface area contributed by atoms with Gasteiger partial charge in [-0.25, -0.2) is 0 Å². The summed E-state index contributed by atoms with van der Waals surface area (Å²) >= 11 is 0. The molecule has 10 bridgehead atoms. The first-order valence-corrected chi connectivity index (χ1v) is 20.4. The minimum absolute atomic E-state index is 0.434. The lowest BCUT2D eigenvalue weighted by atomic mass is 9.91. The van der Waals surface area contributed by atoms with Crippen LogP contribution < -0.4 is 18.9 Å². The number of aromatic nitrogens is 1. The highest BCUT2D eigenvalue weighted by molar-refractivity contribution is 5.56. The summed E-state index contributed by atoms with van der Waals surface area (Å²) in [6.07, 6.45) is 6.35. The second kappa shape index (κ2) is 20.3. The maximum Gasteiger partial charge on any atom is 0.126 e. The number of ether oxygens (including phenoxy) is 6. The van der Waals surface area contributed by atoms with Gasteiger partial charge >= 0.3 is 0 Å². The molecule has 0 unspecified atom stereocenters. The van der Waals surface area contributed by atoms with Crippen molar-refractivity contribution in [1.82, 2.24) is 9.88 Å². The van der Waals surface area contributed by atoms with Crippen LogP contribution in [0.3, 0.4) is 0 Å². The molecule has 8 rings (SSSR count). The van der Waals surface area contributed by atoms with Crippen LogP contribution >= 0.6 is 0 Å². The average Bonchev–Trinajstić information content (AvgIpc) is 3.21. The van der Waals surface area contributed by atoms with E-state index in [9.17, 15) is 0 Å². The maximum absolute atomic E-state index is 6.77. The average molecular weight is 757 g/mol. The molecule has 0 fully saturated rings. The topological polar surface area (TPSA) is 71.5 Å². The van der Waals surface area contributed by atoms with E-state index in [-0.39, 0.29) is 0 Å². The van der Waals surface area contributed by atoms with E-state index in [1.807, 2.05) is 18.3 Å². The van der Waals surface area contributed by atoms with Gasteiger partial charge in [-0.05, 0) is 69.5 Å². The van der Waals surface area contributed by atoms with Crippen molar-refractivity contribution < 1.29 is 28.4 Å². The Hall–Kier alpha value is -4.89. The lowest BCUT2D eigenvalue weighted by molar-refractivity contribution is 0.0527. The summed E-state index contributed by atoms with van der Waals surface area (Å²) in [5, 5.41) is 0. The van der Waals surface area contributed by atoms with E-state index in [1.54, 1.807) is 0 Å². The van der Waals surface area contributed by atoms with Crippen molar-refractivity contribution in [2.75, 3.05) is 65.9 Å². The van der Waals surface area contributed by atoms with Gasteiger partial charge in [-0.1, -0.05) is 92.7 Å². The molecule has 0 saturated carbocycles. The van der Waals surface area contributed by atoms with Crippen LogP contribution in [0.1, 0.15) is 76.9 Å². The number of rotatable bonds is 8. The molecule has 5 aromatic rings. The molecule has 0 N–H and O–H groups in total. The molecular weight excluding hydrogens is 701 g/mol. The number of hydrogen-bond donors (Lipinski definition) is 0. The Labute approximate surface area is 332 Å². The van der Waals surface area contributed by atoms with Crippen molar-refractivity contribution in [3.63, 3.8) is 0 Å². The molecule has 3 heterocycles. The molecule has 0 saturated heterocycles. The zero-order valence-electron chi connectivity index (χ0n) is 33.1. The Bertz CT molecular complexity index is 1790. The van der Waals surface area contributed by atoms with E-state index in [0.29, 0.717) is 78.5 Å². The van der Waals surface area contributed by atoms with Gasteiger partial charge in [-0.3, -0.25) is 9.88 Å². The largest absolute Gasteiger partial charge is 0.493 e. The summed E-state index contributed by atoms with van der Waals surface area (Å²) in [6.45, 7) is 10.8. The smallest absolute Gasteiger partial charge is 0.126 e. The van der Waals surface area contributed by atoms with Crippen LogP contribution in [0.25, 0.3) is 0 Å². The van der Waals surface area contributed by atoms with E-state index in [1.165, 1.54) is 0 Å². The van der Waals surface area contributed by atoms with Gasteiger partial charge in [0.1, 0.15) is 36.2 Å².